The van der Waals surface area contributed by atoms with E-state index in [0.29, 0.717) is 30.8 Å². The molecule has 0 aliphatic carbocycles. The summed E-state index contributed by atoms with van der Waals surface area (Å²) in [4.78, 5) is 13.7. The minimum Gasteiger partial charge on any atom is -0.380 e. The lowest BCUT2D eigenvalue weighted by Gasteiger charge is -2.19. The monoisotopic (exact) mass is 301 g/mol. The molecule has 1 fully saturated rings. The average Bonchev–Trinajstić information content (AvgIpc) is 2.56. The van der Waals surface area contributed by atoms with E-state index in [1.807, 2.05) is 0 Å². The molecule has 0 unspecified atom stereocenters. The summed E-state index contributed by atoms with van der Waals surface area (Å²) in [5.41, 5.74) is 0.120. The Hall–Kier alpha value is -0.940. The first-order valence-corrected chi connectivity index (χ1v) is 6.30. The van der Waals surface area contributed by atoms with Gasteiger partial charge in [0.1, 0.15) is 5.82 Å². The fourth-order valence-electron chi connectivity index (χ4n) is 1.78. The molecule has 0 aromatic heterocycles. The normalized spacial score (nSPS) is 16.7. The van der Waals surface area contributed by atoms with Gasteiger partial charge in [-0.3, -0.25) is 4.79 Å². The van der Waals surface area contributed by atoms with Crippen LogP contribution in [0.5, 0.6) is 0 Å². The molecule has 0 bridgehead atoms. The lowest BCUT2D eigenvalue weighted by molar-refractivity contribution is 0.0736. The first-order valence-electron chi connectivity index (χ1n) is 5.50. The summed E-state index contributed by atoms with van der Waals surface area (Å²) in [6.45, 7) is 2.32. The standard InChI is InChI=1S/C12H13BrFNO2/c13-9-2-3-10(11(14)8-9)12(16)15-4-1-6-17-7-5-15/h2-3,8H,1,4-7H2. The van der Waals surface area contributed by atoms with Crippen molar-refractivity contribution in [3.63, 3.8) is 0 Å². The van der Waals surface area contributed by atoms with Crippen LogP contribution in [0.4, 0.5) is 4.39 Å². The van der Waals surface area contributed by atoms with E-state index in [1.165, 1.54) is 12.1 Å². The van der Waals surface area contributed by atoms with Gasteiger partial charge in [-0.1, -0.05) is 15.9 Å². The highest BCUT2D eigenvalue weighted by atomic mass is 79.9. The lowest BCUT2D eigenvalue weighted by Crippen LogP contribution is -2.33. The molecule has 92 valence electrons. The third kappa shape index (κ3) is 3.04. The third-order valence-electron chi connectivity index (χ3n) is 2.67. The van der Waals surface area contributed by atoms with E-state index in [9.17, 15) is 9.18 Å². The average molecular weight is 302 g/mol. The fourth-order valence-corrected chi connectivity index (χ4v) is 2.12. The van der Waals surface area contributed by atoms with Gasteiger partial charge in [-0.25, -0.2) is 4.39 Å². The number of hydrogen-bond acceptors (Lipinski definition) is 2. The van der Waals surface area contributed by atoms with Crippen molar-refractivity contribution in [3.05, 3.63) is 34.1 Å². The predicted octanol–water partition coefficient (Wildman–Crippen LogP) is 2.45. The predicted molar refractivity (Wildman–Crippen MR) is 65.4 cm³/mol. The van der Waals surface area contributed by atoms with E-state index >= 15 is 0 Å². The van der Waals surface area contributed by atoms with Crippen LogP contribution in [-0.4, -0.2) is 37.1 Å². The molecule has 3 nitrogen and oxygen atoms in total. The van der Waals surface area contributed by atoms with Crippen molar-refractivity contribution in [1.29, 1.82) is 0 Å². The number of carbonyl (C=O) groups is 1. The molecule has 17 heavy (non-hydrogen) atoms. The Morgan fingerprint density at radius 1 is 1.35 bits per heavy atom. The molecule has 1 aliphatic rings. The zero-order valence-electron chi connectivity index (χ0n) is 9.29. The largest absolute Gasteiger partial charge is 0.380 e. The number of halogens is 2. The Labute approximate surface area is 108 Å². The maximum absolute atomic E-state index is 13.6. The van der Waals surface area contributed by atoms with Crippen LogP contribution in [0, 0.1) is 5.82 Å². The quantitative estimate of drug-likeness (QED) is 0.797. The Morgan fingerprint density at radius 2 is 2.18 bits per heavy atom. The van der Waals surface area contributed by atoms with Crippen LogP contribution in [-0.2, 0) is 4.74 Å². The van der Waals surface area contributed by atoms with E-state index in [-0.39, 0.29) is 11.5 Å². The van der Waals surface area contributed by atoms with Crippen LogP contribution in [0.3, 0.4) is 0 Å². The summed E-state index contributed by atoms with van der Waals surface area (Å²) in [5, 5.41) is 0. The van der Waals surface area contributed by atoms with Crippen molar-refractivity contribution in [1.82, 2.24) is 4.90 Å². The molecule has 1 amide bonds. The highest BCUT2D eigenvalue weighted by molar-refractivity contribution is 9.10. The van der Waals surface area contributed by atoms with Gasteiger partial charge >= 0.3 is 0 Å². The molecule has 0 spiro atoms. The number of nitrogens with zero attached hydrogens (tertiary/aromatic N) is 1. The second-order valence-corrected chi connectivity index (χ2v) is 4.80. The summed E-state index contributed by atoms with van der Waals surface area (Å²) >= 11 is 3.17. The number of ether oxygens (including phenoxy) is 1. The van der Waals surface area contributed by atoms with Crippen LogP contribution < -0.4 is 0 Å². The Balaban J connectivity index is 2.17. The van der Waals surface area contributed by atoms with Gasteiger partial charge in [0.2, 0.25) is 0 Å². The summed E-state index contributed by atoms with van der Waals surface area (Å²) in [7, 11) is 0. The van der Waals surface area contributed by atoms with E-state index in [0.717, 1.165) is 6.42 Å². The molecule has 1 aromatic carbocycles. The van der Waals surface area contributed by atoms with E-state index < -0.39 is 5.82 Å². The number of benzene rings is 1. The molecule has 5 heteroatoms. The van der Waals surface area contributed by atoms with Gasteiger partial charge in [0.05, 0.1) is 12.2 Å². The van der Waals surface area contributed by atoms with E-state index in [2.05, 4.69) is 15.9 Å². The molecule has 0 saturated carbocycles. The van der Waals surface area contributed by atoms with Gasteiger partial charge in [0, 0.05) is 24.2 Å². The molecule has 1 saturated heterocycles. The topological polar surface area (TPSA) is 29.5 Å². The Bertz CT molecular complexity index is 417. The zero-order valence-corrected chi connectivity index (χ0v) is 10.9. The SMILES string of the molecule is O=C(c1ccc(Br)cc1F)N1CCCOCC1. The van der Waals surface area contributed by atoms with Crippen LogP contribution in [0.2, 0.25) is 0 Å². The van der Waals surface area contributed by atoms with Crippen molar-refractivity contribution in [2.45, 2.75) is 6.42 Å². The third-order valence-corrected chi connectivity index (χ3v) is 3.16. The molecule has 1 aromatic rings. The van der Waals surface area contributed by atoms with E-state index in [1.54, 1.807) is 11.0 Å². The molecular formula is C12H13BrFNO2. The summed E-state index contributed by atoms with van der Waals surface area (Å²) < 4.78 is 19.5. The lowest BCUT2D eigenvalue weighted by atomic mass is 10.2. The number of amides is 1. The molecule has 0 atom stereocenters. The van der Waals surface area contributed by atoms with Crippen LogP contribution >= 0.6 is 15.9 Å². The molecule has 0 N–H and O–H groups in total. The number of carbonyl (C=O) groups excluding carboxylic acids is 1. The first kappa shape index (κ1) is 12.5. The minimum absolute atomic E-state index is 0.120. The van der Waals surface area contributed by atoms with Gasteiger partial charge in [-0.2, -0.15) is 0 Å². The Kier molecular flexibility index (Phi) is 4.12. The van der Waals surface area contributed by atoms with E-state index in [4.69, 9.17) is 4.74 Å². The molecule has 1 heterocycles. The van der Waals surface area contributed by atoms with Crippen LogP contribution in [0.15, 0.2) is 22.7 Å². The second-order valence-electron chi connectivity index (χ2n) is 3.88. The van der Waals surface area contributed by atoms with Crippen molar-refractivity contribution in [2.24, 2.45) is 0 Å². The second kappa shape index (κ2) is 5.60. The van der Waals surface area contributed by atoms with Crippen molar-refractivity contribution in [3.8, 4) is 0 Å². The number of hydrogen-bond donors (Lipinski definition) is 0. The fraction of sp³-hybridized carbons (Fsp3) is 0.417. The summed E-state index contributed by atoms with van der Waals surface area (Å²) in [6.07, 6.45) is 0.796. The maximum Gasteiger partial charge on any atom is 0.256 e. The maximum atomic E-state index is 13.6. The van der Waals surface area contributed by atoms with Gasteiger partial charge in [-0.05, 0) is 24.6 Å². The number of rotatable bonds is 1. The summed E-state index contributed by atoms with van der Waals surface area (Å²) in [6, 6.07) is 4.49. The van der Waals surface area contributed by atoms with Gasteiger partial charge in [0.25, 0.3) is 5.91 Å². The minimum atomic E-state index is -0.491. The van der Waals surface area contributed by atoms with Crippen molar-refractivity contribution in [2.75, 3.05) is 26.3 Å². The zero-order chi connectivity index (χ0) is 12.3. The highest BCUT2D eigenvalue weighted by Crippen LogP contribution is 2.17. The first-order chi connectivity index (χ1) is 8.18. The molecule has 0 radical (unpaired) electrons. The highest BCUT2D eigenvalue weighted by Gasteiger charge is 2.20. The van der Waals surface area contributed by atoms with Gasteiger partial charge in [0.15, 0.2) is 0 Å². The van der Waals surface area contributed by atoms with Gasteiger partial charge in [-0.15, -0.1) is 0 Å². The molecular weight excluding hydrogens is 289 g/mol. The van der Waals surface area contributed by atoms with Crippen LogP contribution in [0.25, 0.3) is 0 Å². The Morgan fingerprint density at radius 3 is 2.94 bits per heavy atom. The summed E-state index contributed by atoms with van der Waals surface area (Å²) in [5.74, 6) is -0.755. The smallest absolute Gasteiger partial charge is 0.256 e. The van der Waals surface area contributed by atoms with Gasteiger partial charge < -0.3 is 9.64 Å². The molecule has 1 aliphatic heterocycles. The van der Waals surface area contributed by atoms with Crippen molar-refractivity contribution >= 4 is 21.8 Å². The van der Waals surface area contributed by atoms with Crippen molar-refractivity contribution < 1.29 is 13.9 Å². The van der Waals surface area contributed by atoms with Crippen LogP contribution in [0.1, 0.15) is 16.8 Å². The molecule has 2 rings (SSSR count).